The summed E-state index contributed by atoms with van der Waals surface area (Å²) < 4.78 is 1.54. The van der Waals surface area contributed by atoms with E-state index in [-0.39, 0.29) is 24.6 Å². The monoisotopic (exact) mass is 330 g/mol. The third kappa shape index (κ3) is 3.21. The molecule has 0 saturated heterocycles. The minimum Gasteiger partial charge on any atom is -0.326 e. The van der Waals surface area contributed by atoms with Gasteiger partial charge in [-0.05, 0) is 13.0 Å². The number of benzene rings is 1. The summed E-state index contributed by atoms with van der Waals surface area (Å²) in [6, 6.07) is 5.62. The van der Waals surface area contributed by atoms with Gasteiger partial charge in [0.25, 0.3) is 5.69 Å². The fourth-order valence-electron chi connectivity index (χ4n) is 2.47. The average molecular weight is 330 g/mol. The van der Waals surface area contributed by atoms with E-state index < -0.39 is 16.7 Å². The number of hydrogen-bond donors (Lipinski definition) is 2. The molecule has 0 spiro atoms. The van der Waals surface area contributed by atoms with Crippen molar-refractivity contribution in [3.8, 4) is 0 Å². The molecule has 0 unspecified atom stereocenters. The average Bonchev–Trinajstić information content (AvgIpc) is 2.86. The van der Waals surface area contributed by atoms with Crippen LogP contribution in [-0.4, -0.2) is 31.5 Å². The number of nitrogens with one attached hydrogen (secondary N) is 2. The molecule has 1 aliphatic rings. The van der Waals surface area contributed by atoms with Crippen molar-refractivity contribution in [1.82, 2.24) is 14.8 Å². The predicted molar refractivity (Wildman–Crippen MR) is 83.2 cm³/mol. The molecule has 10 nitrogen and oxygen atoms in total. The normalized spacial score (nSPS) is 16.2. The lowest BCUT2D eigenvalue weighted by Gasteiger charge is -2.21. The van der Waals surface area contributed by atoms with E-state index in [4.69, 9.17) is 0 Å². The second-order valence-electron chi connectivity index (χ2n) is 5.41. The Morgan fingerprint density at radius 2 is 2.33 bits per heavy atom. The molecule has 10 heteroatoms. The molecule has 0 fully saturated rings. The Morgan fingerprint density at radius 3 is 3.08 bits per heavy atom. The highest BCUT2D eigenvalue weighted by molar-refractivity contribution is 5.98. The Morgan fingerprint density at radius 1 is 1.54 bits per heavy atom. The first-order valence-electron chi connectivity index (χ1n) is 7.19. The summed E-state index contributed by atoms with van der Waals surface area (Å²) >= 11 is 0. The van der Waals surface area contributed by atoms with Crippen LogP contribution in [0.25, 0.3) is 0 Å². The van der Waals surface area contributed by atoms with Crippen LogP contribution in [0, 0.1) is 23.0 Å². The number of fused-ring (bicyclic) bond motifs is 1. The molecule has 0 radical (unpaired) electrons. The number of hydrogen-bond acceptors (Lipinski definition) is 6. The zero-order valence-electron chi connectivity index (χ0n) is 12.7. The fraction of sp³-hybridized carbons (Fsp3) is 0.286. The largest absolute Gasteiger partial charge is 0.326 e. The zero-order chi connectivity index (χ0) is 17.3. The van der Waals surface area contributed by atoms with Gasteiger partial charge in [0, 0.05) is 24.2 Å². The molecule has 0 aliphatic carbocycles. The Labute approximate surface area is 136 Å². The summed E-state index contributed by atoms with van der Waals surface area (Å²) in [5.74, 6) is -0.392. The van der Waals surface area contributed by atoms with Crippen molar-refractivity contribution in [3.05, 3.63) is 40.2 Å². The van der Waals surface area contributed by atoms with Crippen molar-refractivity contribution in [1.29, 1.82) is 0 Å². The third-order valence-corrected chi connectivity index (χ3v) is 3.55. The molecule has 1 aromatic heterocycles. The van der Waals surface area contributed by atoms with Crippen LogP contribution in [0.3, 0.4) is 0 Å². The summed E-state index contributed by atoms with van der Waals surface area (Å²) in [7, 11) is 0. The number of carbonyl (C=O) groups is 2. The smallest absolute Gasteiger partial charge is 0.271 e. The Bertz CT molecular complexity index is 830. The van der Waals surface area contributed by atoms with E-state index in [2.05, 4.69) is 20.7 Å². The molecule has 3 rings (SSSR count). The first-order valence-corrected chi connectivity index (χ1v) is 7.19. The predicted octanol–water partition coefficient (Wildman–Crippen LogP) is 1.09. The summed E-state index contributed by atoms with van der Waals surface area (Å²) in [5.41, 5.74) is 0.189. The van der Waals surface area contributed by atoms with E-state index in [1.165, 1.54) is 18.2 Å². The molecule has 1 aromatic carbocycles. The maximum atomic E-state index is 12.1. The van der Waals surface area contributed by atoms with Gasteiger partial charge >= 0.3 is 0 Å². The van der Waals surface area contributed by atoms with E-state index in [0.717, 1.165) is 0 Å². The van der Waals surface area contributed by atoms with Gasteiger partial charge in [0.2, 0.25) is 17.8 Å². The van der Waals surface area contributed by atoms with Crippen molar-refractivity contribution >= 4 is 29.1 Å². The van der Waals surface area contributed by atoms with Crippen LogP contribution < -0.4 is 10.6 Å². The highest BCUT2D eigenvalue weighted by atomic mass is 16.6. The molecular formula is C14H14N6O4. The van der Waals surface area contributed by atoms with E-state index in [1.54, 1.807) is 17.7 Å². The zero-order valence-corrected chi connectivity index (χ0v) is 12.7. The molecule has 0 saturated carbocycles. The highest BCUT2D eigenvalue weighted by Crippen LogP contribution is 2.21. The minimum atomic E-state index is -0.586. The number of amides is 2. The Balaban J connectivity index is 1.66. The second-order valence-corrected chi connectivity index (χ2v) is 5.41. The van der Waals surface area contributed by atoms with Gasteiger partial charge in [-0.15, -0.1) is 0 Å². The molecule has 1 atom stereocenters. The summed E-state index contributed by atoms with van der Waals surface area (Å²) in [6.07, 6.45) is -0.0626. The minimum absolute atomic E-state index is 0.0626. The van der Waals surface area contributed by atoms with Gasteiger partial charge < -0.3 is 5.32 Å². The van der Waals surface area contributed by atoms with Crippen molar-refractivity contribution in [2.45, 2.75) is 19.9 Å². The van der Waals surface area contributed by atoms with Gasteiger partial charge in [-0.25, -0.2) is 4.68 Å². The lowest BCUT2D eigenvalue weighted by atomic mass is 10.0. The molecule has 2 heterocycles. The van der Waals surface area contributed by atoms with E-state index in [1.807, 2.05) is 0 Å². The number of nitro benzene ring substituents is 1. The third-order valence-electron chi connectivity index (χ3n) is 3.55. The van der Waals surface area contributed by atoms with Gasteiger partial charge in [0.1, 0.15) is 5.82 Å². The van der Waals surface area contributed by atoms with Crippen LogP contribution >= 0.6 is 0 Å². The van der Waals surface area contributed by atoms with Crippen molar-refractivity contribution < 1.29 is 14.5 Å². The lowest BCUT2D eigenvalue weighted by Crippen LogP contribution is -2.36. The molecule has 1 aliphatic heterocycles. The van der Waals surface area contributed by atoms with Crippen molar-refractivity contribution in [2.24, 2.45) is 5.92 Å². The molecule has 2 aromatic rings. The first kappa shape index (κ1) is 15.6. The molecule has 0 bridgehead atoms. The van der Waals surface area contributed by atoms with E-state index >= 15 is 0 Å². The van der Waals surface area contributed by atoms with Crippen LogP contribution in [0.1, 0.15) is 12.2 Å². The number of nitro groups is 1. The van der Waals surface area contributed by atoms with Crippen LogP contribution in [0.4, 0.5) is 17.3 Å². The van der Waals surface area contributed by atoms with Gasteiger partial charge in [-0.2, -0.15) is 10.1 Å². The SMILES string of the molecule is Cc1nc2n(n1)C[C@H](CC(=O)Nc1cccc([N+](=O)[O-])c1)C(=O)N2. The Kier molecular flexibility index (Phi) is 3.94. The van der Waals surface area contributed by atoms with Crippen LogP contribution in [0.15, 0.2) is 24.3 Å². The molecule has 2 amide bonds. The standard InChI is InChI=1S/C14H14N6O4/c1-8-15-14-17-13(22)9(7-19(14)18-8)5-12(21)16-10-3-2-4-11(6-10)20(23)24/h2-4,6,9H,5,7H2,1H3,(H,16,21)(H,15,17,18,22)/t9-/m0/s1. The quantitative estimate of drug-likeness (QED) is 0.637. The fourth-order valence-corrected chi connectivity index (χ4v) is 2.47. The number of non-ortho nitro benzene ring substituents is 1. The summed E-state index contributed by atoms with van der Waals surface area (Å²) in [6.45, 7) is 1.96. The molecule has 24 heavy (non-hydrogen) atoms. The number of rotatable bonds is 4. The van der Waals surface area contributed by atoms with Crippen molar-refractivity contribution in [3.63, 3.8) is 0 Å². The van der Waals surface area contributed by atoms with E-state index in [9.17, 15) is 19.7 Å². The Hall–Kier alpha value is -3.30. The van der Waals surface area contributed by atoms with Gasteiger partial charge in [-0.3, -0.25) is 25.0 Å². The maximum absolute atomic E-state index is 12.1. The van der Waals surface area contributed by atoms with Crippen LogP contribution in [0.2, 0.25) is 0 Å². The van der Waals surface area contributed by atoms with Crippen molar-refractivity contribution in [2.75, 3.05) is 10.6 Å². The maximum Gasteiger partial charge on any atom is 0.271 e. The number of anilines is 2. The van der Waals surface area contributed by atoms with Crippen LogP contribution in [0.5, 0.6) is 0 Å². The summed E-state index contributed by atoms with van der Waals surface area (Å²) in [4.78, 5) is 38.4. The molecule has 124 valence electrons. The van der Waals surface area contributed by atoms with Gasteiger partial charge in [-0.1, -0.05) is 6.07 Å². The number of aryl methyl sites for hydroxylation is 1. The number of carbonyl (C=O) groups excluding carboxylic acids is 2. The first-order chi connectivity index (χ1) is 11.4. The topological polar surface area (TPSA) is 132 Å². The number of nitrogens with zero attached hydrogens (tertiary/aromatic N) is 4. The van der Waals surface area contributed by atoms with Gasteiger partial charge in [0.15, 0.2) is 0 Å². The lowest BCUT2D eigenvalue weighted by molar-refractivity contribution is -0.384. The number of aromatic nitrogens is 3. The van der Waals surface area contributed by atoms with E-state index in [0.29, 0.717) is 17.5 Å². The summed E-state index contributed by atoms with van der Waals surface area (Å²) in [5, 5.41) is 20.1. The van der Waals surface area contributed by atoms with Crippen LogP contribution in [-0.2, 0) is 16.1 Å². The second kappa shape index (κ2) is 6.07. The highest BCUT2D eigenvalue weighted by Gasteiger charge is 2.30. The van der Waals surface area contributed by atoms with Gasteiger partial charge in [0.05, 0.1) is 17.4 Å². The molecule has 2 N–H and O–H groups in total. The molecular weight excluding hydrogens is 316 g/mol.